The molecule has 1 aromatic carbocycles. The van der Waals surface area contributed by atoms with Crippen molar-refractivity contribution in [3.63, 3.8) is 0 Å². The molecule has 1 heterocycles. The Labute approximate surface area is 198 Å². The van der Waals surface area contributed by atoms with Gasteiger partial charge in [-0.2, -0.15) is 13.2 Å². The van der Waals surface area contributed by atoms with Crippen molar-refractivity contribution in [1.82, 2.24) is 0 Å². The number of benzene rings is 1. The number of ketones is 3. The standard InChI is InChI=1S/C27H32F3NO3/c1-2-19-9-10-20-17-18(8-13-24(20)31-16-15-25(19)33)7-11-21(32)12-14-26(34)22-5-3-4-6-23(22)27(28,29)30/h5,8-9,13,17,23,31H,2-4,6-7,10-12,14-16H2,1H3/b19-9+/t23-/m0/s1. The van der Waals surface area contributed by atoms with Gasteiger partial charge in [-0.25, -0.2) is 0 Å². The van der Waals surface area contributed by atoms with Crippen molar-refractivity contribution in [2.45, 2.75) is 77.3 Å². The molecule has 0 spiro atoms. The summed E-state index contributed by atoms with van der Waals surface area (Å²) < 4.78 is 39.7. The van der Waals surface area contributed by atoms with Crippen LogP contribution < -0.4 is 5.32 Å². The molecule has 0 saturated carbocycles. The van der Waals surface area contributed by atoms with Crippen molar-refractivity contribution in [2.24, 2.45) is 5.92 Å². The molecular weight excluding hydrogens is 443 g/mol. The molecule has 0 aromatic heterocycles. The Balaban J connectivity index is 1.55. The van der Waals surface area contributed by atoms with E-state index in [2.05, 4.69) is 5.32 Å². The predicted molar refractivity (Wildman–Crippen MR) is 126 cm³/mol. The number of nitrogens with one attached hydrogen (secondary N) is 1. The van der Waals surface area contributed by atoms with Crippen LogP contribution in [0.1, 0.15) is 69.4 Å². The zero-order valence-corrected chi connectivity index (χ0v) is 19.6. The van der Waals surface area contributed by atoms with Gasteiger partial charge in [-0.15, -0.1) is 0 Å². The number of hydrogen-bond acceptors (Lipinski definition) is 4. The molecule has 0 saturated heterocycles. The summed E-state index contributed by atoms with van der Waals surface area (Å²) in [5.41, 5.74) is 3.67. The summed E-state index contributed by atoms with van der Waals surface area (Å²) >= 11 is 0. The smallest absolute Gasteiger partial charge is 0.384 e. The number of alkyl halides is 3. The number of Topliss-reactive ketones (excluding diaryl/α,β-unsaturated/α-hetero) is 3. The zero-order chi connectivity index (χ0) is 24.7. The molecule has 1 aliphatic heterocycles. The zero-order valence-electron chi connectivity index (χ0n) is 19.6. The van der Waals surface area contributed by atoms with Gasteiger partial charge in [0.25, 0.3) is 0 Å². The maximum Gasteiger partial charge on any atom is 0.395 e. The van der Waals surface area contributed by atoms with Crippen LogP contribution in [-0.4, -0.2) is 30.1 Å². The third-order valence-electron chi connectivity index (χ3n) is 6.62. The quantitative estimate of drug-likeness (QED) is 0.494. The number of carbonyl (C=O) groups excluding carboxylic acids is 3. The molecular formula is C27H32F3NO3. The Morgan fingerprint density at radius 1 is 1.12 bits per heavy atom. The van der Waals surface area contributed by atoms with Crippen LogP contribution in [0.2, 0.25) is 0 Å². The van der Waals surface area contributed by atoms with E-state index in [1.165, 1.54) is 6.08 Å². The van der Waals surface area contributed by atoms with Gasteiger partial charge in [0.1, 0.15) is 5.78 Å². The maximum absolute atomic E-state index is 13.2. The van der Waals surface area contributed by atoms with Crippen LogP contribution in [0.25, 0.3) is 0 Å². The molecule has 2 aliphatic rings. The first kappa shape index (κ1) is 25.9. The van der Waals surface area contributed by atoms with Crippen LogP contribution in [0.15, 0.2) is 41.5 Å². The number of halogens is 3. The second-order valence-corrected chi connectivity index (χ2v) is 9.02. The summed E-state index contributed by atoms with van der Waals surface area (Å²) in [7, 11) is 0. The number of anilines is 1. The first-order valence-corrected chi connectivity index (χ1v) is 12.1. The number of rotatable bonds is 8. The molecule has 7 heteroatoms. The SMILES string of the molecule is CC/C1=C\Cc2cc(CCC(=O)CCC(=O)C3=CCCC[C@@H]3C(F)(F)F)ccc2NCCC1=O. The number of allylic oxidation sites excluding steroid dienone is 4. The van der Waals surface area contributed by atoms with Crippen LogP contribution in [0.3, 0.4) is 0 Å². The second-order valence-electron chi connectivity index (χ2n) is 9.02. The van der Waals surface area contributed by atoms with E-state index >= 15 is 0 Å². The Kier molecular flexibility index (Phi) is 8.86. The minimum absolute atomic E-state index is 0.0437. The van der Waals surface area contributed by atoms with Crippen LogP contribution >= 0.6 is 0 Å². The van der Waals surface area contributed by atoms with Crippen molar-refractivity contribution in [1.29, 1.82) is 0 Å². The lowest BCUT2D eigenvalue weighted by atomic mass is 9.83. The molecule has 0 bridgehead atoms. The fourth-order valence-electron chi connectivity index (χ4n) is 4.64. The van der Waals surface area contributed by atoms with Gasteiger partial charge in [0.05, 0.1) is 5.92 Å². The summed E-state index contributed by atoms with van der Waals surface area (Å²) in [6, 6.07) is 5.93. The van der Waals surface area contributed by atoms with Gasteiger partial charge in [0, 0.05) is 43.5 Å². The summed E-state index contributed by atoms with van der Waals surface area (Å²) in [4.78, 5) is 37.0. The summed E-state index contributed by atoms with van der Waals surface area (Å²) in [5, 5.41) is 3.31. The molecule has 0 amide bonds. The van der Waals surface area contributed by atoms with Crippen LogP contribution in [0.5, 0.6) is 0 Å². The molecule has 1 atom stereocenters. The molecule has 3 rings (SSSR count). The lowest BCUT2D eigenvalue weighted by Gasteiger charge is -2.25. The number of aryl methyl sites for hydroxylation is 1. The van der Waals surface area contributed by atoms with Crippen molar-refractivity contribution >= 4 is 23.0 Å². The van der Waals surface area contributed by atoms with Gasteiger partial charge in [-0.3, -0.25) is 14.4 Å². The lowest BCUT2D eigenvalue weighted by molar-refractivity contribution is -0.169. The van der Waals surface area contributed by atoms with Gasteiger partial charge in [0.15, 0.2) is 11.6 Å². The average molecular weight is 476 g/mol. The highest BCUT2D eigenvalue weighted by Crippen LogP contribution is 2.39. The summed E-state index contributed by atoms with van der Waals surface area (Å²) in [6.45, 7) is 2.54. The molecule has 34 heavy (non-hydrogen) atoms. The Hall–Kier alpha value is -2.70. The first-order chi connectivity index (χ1) is 16.2. The van der Waals surface area contributed by atoms with E-state index in [0.717, 1.165) is 22.4 Å². The lowest BCUT2D eigenvalue weighted by Crippen LogP contribution is -2.30. The molecule has 1 aromatic rings. The molecule has 1 N–H and O–H groups in total. The number of fused-ring (bicyclic) bond motifs is 1. The van der Waals surface area contributed by atoms with E-state index in [1.54, 1.807) is 0 Å². The van der Waals surface area contributed by atoms with Gasteiger partial charge in [-0.1, -0.05) is 31.2 Å². The molecule has 0 fully saturated rings. The Morgan fingerprint density at radius 3 is 2.65 bits per heavy atom. The van der Waals surface area contributed by atoms with Crippen molar-refractivity contribution in [3.8, 4) is 0 Å². The molecule has 184 valence electrons. The first-order valence-electron chi connectivity index (χ1n) is 12.1. The summed E-state index contributed by atoms with van der Waals surface area (Å²) in [5.74, 6) is -2.24. The van der Waals surface area contributed by atoms with Crippen molar-refractivity contribution in [3.05, 3.63) is 52.6 Å². The van der Waals surface area contributed by atoms with E-state index < -0.39 is 17.9 Å². The highest BCUT2D eigenvalue weighted by atomic mass is 19.4. The van der Waals surface area contributed by atoms with E-state index in [4.69, 9.17) is 0 Å². The van der Waals surface area contributed by atoms with E-state index in [9.17, 15) is 27.6 Å². The number of carbonyl (C=O) groups is 3. The van der Waals surface area contributed by atoms with Crippen LogP contribution in [0, 0.1) is 5.92 Å². The van der Waals surface area contributed by atoms with Gasteiger partial charge in [-0.05, 0) is 61.3 Å². The van der Waals surface area contributed by atoms with Gasteiger partial charge >= 0.3 is 6.18 Å². The van der Waals surface area contributed by atoms with Crippen molar-refractivity contribution in [2.75, 3.05) is 11.9 Å². The second kappa shape index (κ2) is 11.6. The Morgan fingerprint density at radius 2 is 1.91 bits per heavy atom. The largest absolute Gasteiger partial charge is 0.395 e. The summed E-state index contributed by atoms with van der Waals surface area (Å²) in [6.07, 6.45) is 2.06. The van der Waals surface area contributed by atoms with Gasteiger partial charge < -0.3 is 5.32 Å². The highest BCUT2D eigenvalue weighted by Gasteiger charge is 2.44. The third-order valence-corrected chi connectivity index (χ3v) is 6.62. The fraction of sp³-hybridized carbons (Fsp3) is 0.519. The molecule has 1 aliphatic carbocycles. The normalized spacial score (nSPS) is 20.6. The highest BCUT2D eigenvalue weighted by molar-refractivity contribution is 5.98. The van der Waals surface area contributed by atoms with Crippen molar-refractivity contribution < 1.29 is 27.6 Å². The van der Waals surface area contributed by atoms with Crippen LogP contribution in [0.4, 0.5) is 18.9 Å². The third kappa shape index (κ3) is 6.90. The maximum atomic E-state index is 13.2. The molecule has 0 radical (unpaired) electrons. The Bertz CT molecular complexity index is 991. The van der Waals surface area contributed by atoms with E-state index in [1.807, 2.05) is 31.2 Å². The van der Waals surface area contributed by atoms with Crippen LogP contribution in [-0.2, 0) is 27.2 Å². The van der Waals surface area contributed by atoms with E-state index in [0.29, 0.717) is 45.1 Å². The monoisotopic (exact) mass is 475 g/mol. The predicted octanol–water partition coefficient (Wildman–Crippen LogP) is 6.09. The molecule has 4 nitrogen and oxygen atoms in total. The fourth-order valence-corrected chi connectivity index (χ4v) is 4.64. The average Bonchev–Trinajstić information content (AvgIpc) is 2.89. The van der Waals surface area contributed by atoms with E-state index in [-0.39, 0.29) is 42.8 Å². The number of hydrogen-bond donors (Lipinski definition) is 1. The minimum Gasteiger partial charge on any atom is -0.384 e. The minimum atomic E-state index is -4.43. The molecule has 0 unspecified atom stereocenters. The topological polar surface area (TPSA) is 63.2 Å². The van der Waals surface area contributed by atoms with Gasteiger partial charge in [0.2, 0.25) is 0 Å².